The van der Waals surface area contributed by atoms with Crippen LogP contribution in [0.4, 0.5) is 21.6 Å². The van der Waals surface area contributed by atoms with Crippen LogP contribution in [0.25, 0.3) is 11.3 Å². The highest BCUT2D eigenvalue weighted by molar-refractivity contribution is 5.94. The summed E-state index contributed by atoms with van der Waals surface area (Å²) in [6.07, 6.45) is 1.53. The number of piperidine rings is 1. The molecule has 0 saturated carbocycles. The van der Waals surface area contributed by atoms with Gasteiger partial charge in [0, 0.05) is 30.8 Å². The van der Waals surface area contributed by atoms with Crippen LogP contribution in [0, 0.1) is 28.8 Å². The van der Waals surface area contributed by atoms with Crippen molar-refractivity contribution in [3.63, 3.8) is 0 Å². The molecule has 9 heteroatoms. The van der Waals surface area contributed by atoms with E-state index in [0.717, 1.165) is 30.5 Å². The number of amides is 1. The van der Waals surface area contributed by atoms with Crippen molar-refractivity contribution < 1.29 is 14.1 Å². The minimum atomic E-state index is -0.480. The second-order valence-corrected chi connectivity index (χ2v) is 7.81. The fraction of sp³-hybridized carbons (Fsp3) is 0.261. The highest BCUT2D eigenvalue weighted by Crippen LogP contribution is 2.26. The number of hydrogen-bond acceptors (Lipinski definition) is 6. The minimum absolute atomic E-state index is 0.0623. The van der Waals surface area contributed by atoms with Gasteiger partial charge in [-0.2, -0.15) is 0 Å². The van der Waals surface area contributed by atoms with Crippen molar-refractivity contribution >= 4 is 23.1 Å². The van der Waals surface area contributed by atoms with Gasteiger partial charge in [0.15, 0.2) is 5.82 Å². The average molecular weight is 435 g/mol. The van der Waals surface area contributed by atoms with Crippen LogP contribution in [0.2, 0.25) is 0 Å². The number of hydrogen-bond donors (Lipinski definition) is 1. The summed E-state index contributed by atoms with van der Waals surface area (Å²) in [5, 5.41) is 22.4. The molecule has 2 aromatic carbocycles. The predicted molar refractivity (Wildman–Crippen MR) is 119 cm³/mol. The maximum absolute atomic E-state index is 13.1. The average Bonchev–Trinajstić information content (AvgIpc) is 2.81. The molecule has 1 atom stereocenters. The Hall–Kier alpha value is -3.88. The number of anilines is 2. The summed E-state index contributed by atoms with van der Waals surface area (Å²) in [7, 11) is 0. The Morgan fingerprint density at radius 2 is 1.94 bits per heavy atom. The van der Waals surface area contributed by atoms with Crippen LogP contribution in [0.5, 0.6) is 0 Å². The lowest BCUT2D eigenvalue weighted by atomic mass is 9.96. The van der Waals surface area contributed by atoms with Crippen LogP contribution in [-0.4, -0.2) is 34.1 Å². The number of aromatic nitrogens is 2. The van der Waals surface area contributed by atoms with E-state index in [0.29, 0.717) is 23.7 Å². The number of rotatable bonds is 5. The second-order valence-electron chi connectivity index (χ2n) is 7.81. The van der Waals surface area contributed by atoms with Gasteiger partial charge in [0.1, 0.15) is 5.82 Å². The lowest BCUT2D eigenvalue weighted by molar-refractivity contribution is -0.384. The number of nitrogens with zero attached hydrogens (tertiary/aromatic N) is 4. The summed E-state index contributed by atoms with van der Waals surface area (Å²) in [4.78, 5) is 25.4. The lowest BCUT2D eigenvalue weighted by Gasteiger charge is -2.32. The van der Waals surface area contributed by atoms with E-state index in [4.69, 9.17) is 0 Å². The fourth-order valence-corrected chi connectivity index (χ4v) is 3.76. The van der Waals surface area contributed by atoms with Crippen molar-refractivity contribution in [1.29, 1.82) is 0 Å². The lowest BCUT2D eigenvalue weighted by Crippen LogP contribution is -2.41. The predicted octanol–water partition coefficient (Wildman–Crippen LogP) is 4.35. The number of nitro benzene ring substituents is 1. The first-order valence-corrected chi connectivity index (χ1v) is 10.3. The third kappa shape index (κ3) is 4.72. The molecule has 1 amide bonds. The van der Waals surface area contributed by atoms with E-state index in [-0.39, 0.29) is 23.3 Å². The molecule has 0 bridgehead atoms. The molecule has 4 rings (SSSR count). The van der Waals surface area contributed by atoms with E-state index >= 15 is 0 Å². The van der Waals surface area contributed by atoms with E-state index in [1.807, 2.05) is 17.0 Å². The SMILES string of the molecule is Cc1ccc([N+](=O)[O-])cc1NC(=O)C1CCCN(c2ccc(-c3ccc(F)cc3)nn2)C1. The van der Waals surface area contributed by atoms with Gasteiger partial charge in [0.25, 0.3) is 5.69 Å². The van der Waals surface area contributed by atoms with Crippen molar-refractivity contribution in [2.45, 2.75) is 19.8 Å². The van der Waals surface area contributed by atoms with Crippen molar-refractivity contribution in [2.24, 2.45) is 5.92 Å². The molecule has 32 heavy (non-hydrogen) atoms. The van der Waals surface area contributed by atoms with Crippen molar-refractivity contribution in [2.75, 3.05) is 23.3 Å². The van der Waals surface area contributed by atoms with Crippen LogP contribution in [0.1, 0.15) is 18.4 Å². The number of aryl methyl sites for hydroxylation is 1. The summed E-state index contributed by atoms with van der Waals surface area (Å²) in [6, 6.07) is 14.1. The number of nitro groups is 1. The van der Waals surface area contributed by atoms with E-state index in [1.54, 1.807) is 25.1 Å². The quantitative estimate of drug-likeness (QED) is 0.472. The molecular formula is C23H22FN5O3. The number of non-ortho nitro benzene ring substituents is 1. The Kier molecular flexibility index (Phi) is 6.07. The molecule has 2 heterocycles. The number of nitrogens with one attached hydrogen (secondary N) is 1. The molecule has 1 fully saturated rings. The van der Waals surface area contributed by atoms with Crippen LogP contribution in [-0.2, 0) is 4.79 Å². The van der Waals surface area contributed by atoms with Crippen LogP contribution in [0.15, 0.2) is 54.6 Å². The van der Waals surface area contributed by atoms with Crippen LogP contribution in [0.3, 0.4) is 0 Å². The van der Waals surface area contributed by atoms with Gasteiger partial charge in [0.2, 0.25) is 5.91 Å². The molecule has 1 saturated heterocycles. The van der Waals surface area contributed by atoms with Crippen molar-refractivity contribution in [3.8, 4) is 11.3 Å². The topological polar surface area (TPSA) is 101 Å². The highest BCUT2D eigenvalue weighted by atomic mass is 19.1. The molecule has 1 aliphatic rings. The monoisotopic (exact) mass is 435 g/mol. The summed E-state index contributed by atoms with van der Waals surface area (Å²) in [6.45, 7) is 3.03. The zero-order valence-corrected chi connectivity index (χ0v) is 17.5. The zero-order valence-electron chi connectivity index (χ0n) is 17.5. The second kappa shape index (κ2) is 9.09. The van der Waals surface area contributed by atoms with Gasteiger partial charge >= 0.3 is 0 Å². The molecule has 1 aliphatic heterocycles. The van der Waals surface area contributed by atoms with Crippen LogP contribution >= 0.6 is 0 Å². The van der Waals surface area contributed by atoms with Gasteiger partial charge < -0.3 is 10.2 Å². The van der Waals surface area contributed by atoms with Crippen molar-refractivity contribution in [1.82, 2.24) is 10.2 Å². The smallest absolute Gasteiger partial charge is 0.271 e. The number of benzene rings is 2. The van der Waals surface area contributed by atoms with E-state index in [1.165, 1.54) is 24.3 Å². The molecule has 1 N–H and O–H groups in total. The summed E-state index contributed by atoms with van der Waals surface area (Å²) < 4.78 is 13.1. The summed E-state index contributed by atoms with van der Waals surface area (Å²) in [5.41, 5.74) is 2.56. The van der Waals surface area contributed by atoms with E-state index in [9.17, 15) is 19.3 Å². The molecular weight excluding hydrogens is 413 g/mol. The Bertz CT molecular complexity index is 1140. The molecule has 0 spiro atoms. The van der Waals surface area contributed by atoms with Gasteiger partial charge in [0.05, 0.1) is 22.2 Å². The zero-order chi connectivity index (χ0) is 22.7. The van der Waals surface area contributed by atoms with Gasteiger partial charge in [-0.15, -0.1) is 10.2 Å². The molecule has 1 aromatic heterocycles. The molecule has 0 radical (unpaired) electrons. The number of carbonyl (C=O) groups excluding carboxylic acids is 1. The van der Waals surface area contributed by atoms with Gasteiger partial charge in [-0.3, -0.25) is 14.9 Å². The Morgan fingerprint density at radius 3 is 2.62 bits per heavy atom. The molecule has 164 valence electrons. The van der Waals surface area contributed by atoms with Gasteiger partial charge in [-0.25, -0.2) is 4.39 Å². The fourth-order valence-electron chi connectivity index (χ4n) is 3.76. The van der Waals surface area contributed by atoms with Gasteiger partial charge in [-0.05, 0) is 61.7 Å². The van der Waals surface area contributed by atoms with Gasteiger partial charge in [-0.1, -0.05) is 6.07 Å². The third-order valence-electron chi connectivity index (χ3n) is 5.60. The normalized spacial score (nSPS) is 15.9. The standard InChI is InChI=1S/C23H22FN5O3/c1-15-4-9-19(29(31)32)13-21(15)25-23(30)17-3-2-12-28(14-17)22-11-10-20(26-27-22)16-5-7-18(24)8-6-16/h4-11,13,17H,2-3,12,14H2,1H3,(H,25,30). The van der Waals surface area contributed by atoms with Crippen LogP contribution < -0.4 is 10.2 Å². The first-order chi connectivity index (χ1) is 15.4. The Balaban J connectivity index is 1.44. The van der Waals surface area contributed by atoms with E-state index in [2.05, 4.69) is 15.5 Å². The summed E-state index contributed by atoms with van der Waals surface area (Å²) >= 11 is 0. The highest BCUT2D eigenvalue weighted by Gasteiger charge is 2.27. The third-order valence-corrected chi connectivity index (χ3v) is 5.60. The number of carbonyl (C=O) groups is 1. The maximum atomic E-state index is 13.1. The molecule has 1 unspecified atom stereocenters. The first kappa shape index (κ1) is 21.4. The van der Waals surface area contributed by atoms with E-state index < -0.39 is 4.92 Å². The minimum Gasteiger partial charge on any atom is -0.354 e. The number of halogens is 1. The molecule has 3 aromatic rings. The first-order valence-electron chi connectivity index (χ1n) is 10.3. The van der Waals surface area contributed by atoms with Crippen molar-refractivity contribution in [3.05, 3.63) is 76.1 Å². The Morgan fingerprint density at radius 1 is 1.16 bits per heavy atom. The molecule has 8 nitrogen and oxygen atoms in total. The molecule has 0 aliphatic carbocycles. The summed E-state index contributed by atoms with van der Waals surface area (Å²) in [5.74, 6) is -0.0914. The largest absolute Gasteiger partial charge is 0.354 e. The Labute approximate surface area is 184 Å². The maximum Gasteiger partial charge on any atom is 0.271 e.